The Kier molecular flexibility index (Phi) is 5.66. The number of aromatic amines is 1. The Bertz CT molecular complexity index is 785. The zero-order valence-electron chi connectivity index (χ0n) is 15.1. The lowest BCUT2D eigenvalue weighted by Crippen LogP contribution is -2.40. The van der Waals surface area contributed by atoms with Crippen LogP contribution in [0.2, 0.25) is 0 Å². The molecule has 0 spiro atoms. The fourth-order valence-corrected chi connectivity index (χ4v) is 3.51. The summed E-state index contributed by atoms with van der Waals surface area (Å²) in [5.41, 5.74) is 3.99. The van der Waals surface area contributed by atoms with Crippen LogP contribution in [-0.4, -0.2) is 39.2 Å². The number of hydrogen-bond donors (Lipinski definition) is 2. The van der Waals surface area contributed by atoms with Gasteiger partial charge in [-0.3, -0.25) is 9.69 Å². The van der Waals surface area contributed by atoms with Crippen molar-refractivity contribution in [1.82, 2.24) is 14.9 Å². The second kappa shape index (κ2) is 7.93. The number of aliphatic hydroxyl groups excluding tert-OH is 1. The van der Waals surface area contributed by atoms with Crippen molar-refractivity contribution in [3.63, 3.8) is 0 Å². The summed E-state index contributed by atoms with van der Waals surface area (Å²) in [4.78, 5) is 22.3. The Labute approximate surface area is 148 Å². The Morgan fingerprint density at radius 3 is 3.00 bits per heavy atom. The van der Waals surface area contributed by atoms with E-state index < -0.39 is 0 Å². The van der Waals surface area contributed by atoms with E-state index in [9.17, 15) is 9.90 Å². The number of aliphatic hydroxyl groups is 1. The van der Waals surface area contributed by atoms with E-state index in [1.165, 1.54) is 5.56 Å². The maximum absolute atomic E-state index is 12.5. The van der Waals surface area contributed by atoms with Gasteiger partial charge in [0, 0.05) is 32.5 Å². The van der Waals surface area contributed by atoms with E-state index in [-0.39, 0.29) is 11.7 Å². The molecule has 2 heterocycles. The van der Waals surface area contributed by atoms with Crippen LogP contribution >= 0.6 is 0 Å². The summed E-state index contributed by atoms with van der Waals surface area (Å²) in [6, 6.07) is 8.27. The third-order valence-corrected chi connectivity index (χ3v) is 4.74. The summed E-state index contributed by atoms with van der Waals surface area (Å²) in [5.74, 6) is 0.730. The lowest BCUT2D eigenvalue weighted by molar-refractivity contribution is 0.0972. The Hall–Kier alpha value is -1.98. The Morgan fingerprint density at radius 1 is 1.40 bits per heavy atom. The first-order valence-corrected chi connectivity index (χ1v) is 9.12. The van der Waals surface area contributed by atoms with Gasteiger partial charge in [-0.15, -0.1) is 0 Å². The molecular weight excluding hydrogens is 314 g/mol. The molecule has 1 aliphatic rings. The minimum absolute atomic E-state index is 0.0395. The normalized spacial score (nSPS) is 15.8. The number of fused-ring (bicyclic) bond motifs is 1. The molecule has 0 unspecified atom stereocenters. The topological polar surface area (TPSA) is 69.2 Å². The van der Waals surface area contributed by atoms with Gasteiger partial charge < -0.3 is 10.1 Å². The van der Waals surface area contributed by atoms with Crippen molar-refractivity contribution in [2.24, 2.45) is 0 Å². The van der Waals surface area contributed by atoms with E-state index in [0.717, 1.165) is 48.5 Å². The second-order valence-corrected chi connectivity index (χ2v) is 7.03. The molecule has 25 heavy (non-hydrogen) atoms. The number of β-amino-alcohol motifs (C(OH)–C–C–N with tert-alkyl or cyclic N) is 1. The van der Waals surface area contributed by atoms with Gasteiger partial charge in [0.25, 0.3) is 5.56 Å². The van der Waals surface area contributed by atoms with Crippen LogP contribution in [-0.2, 0) is 19.4 Å². The Balaban J connectivity index is 1.74. The van der Waals surface area contributed by atoms with Gasteiger partial charge in [0.2, 0.25) is 0 Å². The standard InChI is InChI=1S/C20H27N3O2/c1-3-5-16(24)12-23-9-8-18-17(13-23)20(25)22-19(21-18)11-15-7-4-6-14(2)10-15/h4,6-7,10,16,24H,3,5,8-9,11-13H2,1-2H3,(H,21,22,25)/t16-/m1/s1. The van der Waals surface area contributed by atoms with Gasteiger partial charge in [-0.1, -0.05) is 43.2 Å². The number of rotatable bonds is 6. The molecule has 1 aliphatic heterocycles. The third kappa shape index (κ3) is 4.55. The highest BCUT2D eigenvalue weighted by atomic mass is 16.3. The highest BCUT2D eigenvalue weighted by Crippen LogP contribution is 2.16. The number of nitrogens with zero attached hydrogens (tertiary/aromatic N) is 2. The first kappa shape index (κ1) is 17.8. The molecule has 0 amide bonds. The summed E-state index contributed by atoms with van der Waals surface area (Å²) in [6.07, 6.45) is 2.85. The lowest BCUT2D eigenvalue weighted by Gasteiger charge is -2.29. The minimum Gasteiger partial charge on any atom is -0.392 e. The van der Waals surface area contributed by atoms with Gasteiger partial charge in [-0.05, 0) is 18.9 Å². The average Bonchev–Trinajstić information content (AvgIpc) is 2.56. The van der Waals surface area contributed by atoms with Gasteiger partial charge in [-0.2, -0.15) is 0 Å². The monoisotopic (exact) mass is 341 g/mol. The molecular formula is C20H27N3O2. The van der Waals surface area contributed by atoms with E-state index in [1.807, 2.05) is 6.07 Å². The van der Waals surface area contributed by atoms with Crippen LogP contribution in [0.15, 0.2) is 29.1 Å². The molecule has 3 rings (SSSR count). The molecule has 1 aromatic carbocycles. The van der Waals surface area contributed by atoms with Crippen molar-refractivity contribution < 1.29 is 5.11 Å². The number of H-pyrrole nitrogens is 1. The van der Waals surface area contributed by atoms with Gasteiger partial charge in [0.1, 0.15) is 5.82 Å². The van der Waals surface area contributed by atoms with Crippen molar-refractivity contribution in [1.29, 1.82) is 0 Å². The molecule has 0 saturated heterocycles. The number of aromatic nitrogens is 2. The summed E-state index contributed by atoms with van der Waals surface area (Å²) < 4.78 is 0. The van der Waals surface area contributed by atoms with Gasteiger partial charge in [0.15, 0.2) is 0 Å². The summed E-state index contributed by atoms with van der Waals surface area (Å²) in [6.45, 7) is 6.17. The summed E-state index contributed by atoms with van der Waals surface area (Å²) in [5, 5.41) is 10.0. The Morgan fingerprint density at radius 2 is 2.24 bits per heavy atom. The largest absolute Gasteiger partial charge is 0.392 e. The predicted molar refractivity (Wildman–Crippen MR) is 98.7 cm³/mol. The molecule has 2 N–H and O–H groups in total. The van der Waals surface area contributed by atoms with Crippen LogP contribution in [0.1, 0.15) is 48.0 Å². The third-order valence-electron chi connectivity index (χ3n) is 4.74. The van der Waals surface area contributed by atoms with Crippen LogP contribution in [0, 0.1) is 6.92 Å². The molecule has 0 bridgehead atoms. The van der Waals surface area contributed by atoms with E-state index in [0.29, 0.717) is 19.5 Å². The van der Waals surface area contributed by atoms with Crippen LogP contribution in [0.25, 0.3) is 0 Å². The molecule has 1 aromatic heterocycles. The predicted octanol–water partition coefficient (Wildman–Crippen LogP) is 2.19. The van der Waals surface area contributed by atoms with Gasteiger partial charge in [-0.25, -0.2) is 4.98 Å². The zero-order valence-corrected chi connectivity index (χ0v) is 15.1. The maximum atomic E-state index is 12.5. The first-order valence-electron chi connectivity index (χ1n) is 9.12. The molecule has 0 saturated carbocycles. The van der Waals surface area contributed by atoms with Crippen LogP contribution < -0.4 is 5.56 Å². The number of hydrogen-bond acceptors (Lipinski definition) is 4. The van der Waals surface area contributed by atoms with Crippen LogP contribution in [0.5, 0.6) is 0 Å². The van der Waals surface area contributed by atoms with Crippen molar-refractivity contribution in [3.05, 3.63) is 62.8 Å². The minimum atomic E-state index is -0.320. The van der Waals surface area contributed by atoms with E-state index in [4.69, 9.17) is 4.98 Å². The van der Waals surface area contributed by atoms with E-state index in [2.05, 4.69) is 41.9 Å². The SMILES string of the molecule is CCC[C@@H](O)CN1CCc2nc(Cc3cccc(C)c3)[nH]c(=O)c2C1. The molecule has 0 fully saturated rings. The number of benzene rings is 1. The zero-order chi connectivity index (χ0) is 17.8. The van der Waals surface area contributed by atoms with Gasteiger partial charge >= 0.3 is 0 Å². The van der Waals surface area contributed by atoms with Crippen LogP contribution in [0.3, 0.4) is 0 Å². The van der Waals surface area contributed by atoms with Crippen molar-refractivity contribution in [2.75, 3.05) is 13.1 Å². The van der Waals surface area contributed by atoms with Crippen molar-refractivity contribution in [3.8, 4) is 0 Å². The fraction of sp³-hybridized carbons (Fsp3) is 0.500. The van der Waals surface area contributed by atoms with Crippen molar-refractivity contribution >= 4 is 0 Å². The van der Waals surface area contributed by atoms with Gasteiger partial charge in [0.05, 0.1) is 17.4 Å². The number of aryl methyl sites for hydroxylation is 1. The molecule has 134 valence electrons. The summed E-state index contributed by atoms with van der Waals surface area (Å²) >= 11 is 0. The number of nitrogens with one attached hydrogen (secondary N) is 1. The lowest BCUT2D eigenvalue weighted by atomic mass is 10.0. The van der Waals surface area contributed by atoms with E-state index >= 15 is 0 Å². The van der Waals surface area contributed by atoms with Crippen LogP contribution in [0.4, 0.5) is 0 Å². The quantitative estimate of drug-likeness (QED) is 0.845. The first-order chi connectivity index (χ1) is 12.0. The van der Waals surface area contributed by atoms with Crippen molar-refractivity contribution in [2.45, 2.75) is 52.2 Å². The summed E-state index contributed by atoms with van der Waals surface area (Å²) in [7, 11) is 0. The highest BCUT2D eigenvalue weighted by molar-refractivity contribution is 5.27. The highest BCUT2D eigenvalue weighted by Gasteiger charge is 2.22. The molecule has 5 nitrogen and oxygen atoms in total. The smallest absolute Gasteiger partial charge is 0.255 e. The maximum Gasteiger partial charge on any atom is 0.255 e. The van der Waals surface area contributed by atoms with E-state index in [1.54, 1.807) is 0 Å². The average molecular weight is 341 g/mol. The molecule has 5 heteroatoms. The molecule has 1 atom stereocenters. The molecule has 0 radical (unpaired) electrons. The second-order valence-electron chi connectivity index (χ2n) is 7.03. The molecule has 0 aliphatic carbocycles. The fourth-order valence-electron chi connectivity index (χ4n) is 3.51. The molecule has 2 aromatic rings.